The first-order chi connectivity index (χ1) is 7.17. The quantitative estimate of drug-likeness (QED) is 0.519. The van der Waals surface area contributed by atoms with Crippen LogP contribution in [-0.2, 0) is 19.1 Å². The molecule has 16 heavy (non-hydrogen) atoms. The molecular formula is C12H22O4. The van der Waals surface area contributed by atoms with Crippen LogP contribution in [0.15, 0.2) is 0 Å². The van der Waals surface area contributed by atoms with Gasteiger partial charge in [0.25, 0.3) is 6.47 Å². The van der Waals surface area contributed by atoms with E-state index in [1.54, 1.807) is 0 Å². The molecule has 0 radical (unpaired) electrons. The Morgan fingerprint density at radius 3 is 2.19 bits per heavy atom. The predicted octanol–water partition coefficient (Wildman–Crippen LogP) is 2.31. The molecule has 94 valence electrons. The highest BCUT2D eigenvalue weighted by Gasteiger charge is 2.37. The number of carbonyl (C=O) groups is 2. The average molecular weight is 230 g/mol. The number of ether oxygens (including phenoxy) is 2. The van der Waals surface area contributed by atoms with Gasteiger partial charge in [0.15, 0.2) is 0 Å². The molecule has 0 aliphatic heterocycles. The van der Waals surface area contributed by atoms with Crippen LogP contribution in [0.2, 0.25) is 0 Å². The predicted molar refractivity (Wildman–Crippen MR) is 60.9 cm³/mol. The average Bonchev–Trinajstić information content (AvgIpc) is 2.15. The highest BCUT2D eigenvalue weighted by molar-refractivity contribution is 5.80. The van der Waals surface area contributed by atoms with E-state index in [4.69, 9.17) is 9.47 Å². The van der Waals surface area contributed by atoms with Crippen molar-refractivity contribution in [2.75, 3.05) is 0 Å². The summed E-state index contributed by atoms with van der Waals surface area (Å²) in [6.45, 7) is 11.0. The Balaban J connectivity index is 4.61. The molecule has 0 N–H and O–H groups in total. The van der Waals surface area contributed by atoms with Crippen molar-refractivity contribution in [3.8, 4) is 0 Å². The van der Waals surface area contributed by atoms with Crippen molar-refractivity contribution in [1.82, 2.24) is 0 Å². The van der Waals surface area contributed by atoms with Crippen LogP contribution in [0.1, 0.15) is 48.0 Å². The van der Waals surface area contributed by atoms with Gasteiger partial charge in [-0.2, -0.15) is 0 Å². The molecule has 0 heterocycles. The molecule has 0 bridgehead atoms. The van der Waals surface area contributed by atoms with Crippen molar-refractivity contribution < 1.29 is 19.1 Å². The largest absolute Gasteiger partial charge is 0.456 e. The summed E-state index contributed by atoms with van der Waals surface area (Å²) >= 11 is 0. The SMILES string of the molecule is CCC(C)C(C)(C)OC(=O)C(C)(C)OC=O. The monoisotopic (exact) mass is 230 g/mol. The van der Waals surface area contributed by atoms with E-state index in [2.05, 4.69) is 0 Å². The maximum atomic E-state index is 11.8. The zero-order valence-corrected chi connectivity index (χ0v) is 11.0. The molecule has 0 fully saturated rings. The highest BCUT2D eigenvalue weighted by atomic mass is 16.6. The Morgan fingerprint density at radius 1 is 1.31 bits per heavy atom. The third-order valence-corrected chi connectivity index (χ3v) is 2.99. The molecule has 0 amide bonds. The maximum absolute atomic E-state index is 11.8. The standard InChI is InChI=1S/C12H22O4/c1-7-9(2)11(3,4)16-10(14)12(5,6)15-8-13/h8-9H,7H2,1-6H3. The second kappa shape index (κ2) is 5.32. The van der Waals surface area contributed by atoms with Gasteiger partial charge in [0.1, 0.15) is 5.60 Å². The fourth-order valence-electron chi connectivity index (χ4n) is 1.12. The minimum atomic E-state index is -1.23. The number of esters is 1. The van der Waals surface area contributed by atoms with Crippen LogP contribution in [0, 0.1) is 5.92 Å². The summed E-state index contributed by atoms with van der Waals surface area (Å²) in [7, 11) is 0. The van der Waals surface area contributed by atoms with Gasteiger partial charge in [-0.15, -0.1) is 0 Å². The Hall–Kier alpha value is -1.06. The van der Waals surface area contributed by atoms with E-state index in [0.29, 0.717) is 0 Å². The van der Waals surface area contributed by atoms with Crippen molar-refractivity contribution in [1.29, 1.82) is 0 Å². The smallest absolute Gasteiger partial charge is 0.350 e. The van der Waals surface area contributed by atoms with E-state index in [-0.39, 0.29) is 12.4 Å². The van der Waals surface area contributed by atoms with Crippen LogP contribution in [-0.4, -0.2) is 23.6 Å². The van der Waals surface area contributed by atoms with Gasteiger partial charge in [-0.25, -0.2) is 4.79 Å². The van der Waals surface area contributed by atoms with Crippen molar-refractivity contribution >= 4 is 12.4 Å². The molecule has 0 rings (SSSR count). The van der Waals surface area contributed by atoms with Crippen LogP contribution >= 0.6 is 0 Å². The van der Waals surface area contributed by atoms with Gasteiger partial charge in [-0.3, -0.25) is 4.79 Å². The Kier molecular flexibility index (Phi) is 4.97. The molecule has 0 aliphatic rings. The fourth-order valence-corrected chi connectivity index (χ4v) is 1.12. The fraction of sp³-hybridized carbons (Fsp3) is 0.833. The molecule has 0 aromatic rings. The van der Waals surface area contributed by atoms with Crippen LogP contribution in [0.4, 0.5) is 0 Å². The summed E-state index contributed by atoms with van der Waals surface area (Å²) in [5, 5.41) is 0. The van der Waals surface area contributed by atoms with Crippen LogP contribution in [0.3, 0.4) is 0 Å². The first-order valence-corrected chi connectivity index (χ1v) is 5.52. The minimum Gasteiger partial charge on any atom is -0.456 e. The molecule has 1 atom stereocenters. The van der Waals surface area contributed by atoms with Crippen molar-refractivity contribution in [3.63, 3.8) is 0 Å². The molecular weight excluding hydrogens is 208 g/mol. The lowest BCUT2D eigenvalue weighted by Crippen LogP contribution is -2.44. The molecule has 0 aromatic heterocycles. The van der Waals surface area contributed by atoms with Crippen molar-refractivity contribution in [3.05, 3.63) is 0 Å². The van der Waals surface area contributed by atoms with Gasteiger partial charge in [-0.05, 0) is 40.0 Å². The Labute approximate surface area is 97.3 Å². The second-order valence-electron chi connectivity index (χ2n) is 5.03. The molecule has 0 aliphatic carbocycles. The number of rotatable bonds is 6. The van der Waals surface area contributed by atoms with Gasteiger partial charge in [0, 0.05) is 0 Å². The van der Waals surface area contributed by atoms with Crippen LogP contribution in [0.5, 0.6) is 0 Å². The summed E-state index contributed by atoms with van der Waals surface area (Å²) in [6.07, 6.45) is 0.912. The first-order valence-electron chi connectivity index (χ1n) is 5.52. The zero-order valence-electron chi connectivity index (χ0n) is 11.0. The number of hydrogen-bond acceptors (Lipinski definition) is 4. The van der Waals surface area contributed by atoms with E-state index in [9.17, 15) is 9.59 Å². The van der Waals surface area contributed by atoms with Gasteiger partial charge in [0.2, 0.25) is 5.60 Å². The zero-order chi connectivity index (χ0) is 13.0. The summed E-state index contributed by atoms with van der Waals surface area (Å²) in [5.74, 6) is -0.284. The van der Waals surface area contributed by atoms with Crippen molar-refractivity contribution in [2.45, 2.75) is 59.2 Å². The van der Waals surface area contributed by atoms with Crippen LogP contribution < -0.4 is 0 Å². The lowest BCUT2D eigenvalue weighted by Gasteiger charge is -2.34. The summed E-state index contributed by atoms with van der Waals surface area (Å²) in [4.78, 5) is 22.0. The molecule has 0 aromatic carbocycles. The number of carbonyl (C=O) groups excluding carboxylic acids is 2. The summed E-state index contributed by atoms with van der Waals surface area (Å²) in [5.41, 5.74) is -1.79. The summed E-state index contributed by atoms with van der Waals surface area (Å²) in [6, 6.07) is 0. The van der Waals surface area contributed by atoms with Gasteiger partial charge in [-0.1, -0.05) is 13.8 Å². The third-order valence-electron chi connectivity index (χ3n) is 2.99. The second-order valence-corrected chi connectivity index (χ2v) is 5.03. The third kappa shape index (κ3) is 3.83. The molecule has 0 saturated carbocycles. The highest BCUT2D eigenvalue weighted by Crippen LogP contribution is 2.26. The lowest BCUT2D eigenvalue weighted by atomic mass is 9.90. The summed E-state index contributed by atoms with van der Waals surface area (Å²) < 4.78 is 10.1. The van der Waals surface area contributed by atoms with Crippen molar-refractivity contribution in [2.24, 2.45) is 5.92 Å². The maximum Gasteiger partial charge on any atom is 0.350 e. The van der Waals surface area contributed by atoms with Gasteiger partial charge >= 0.3 is 5.97 Å². The Morgan fingerprint density at radius 2 is 1.81 bits per heavy atom. The topological polar surface area (TPSA) is 52.6 Å². The molecule has 0 saturated heterocycles. The van der Waals surface area contributed by atoms with Crippen LogP contribution in [0.25, 0.3) is 0 Å². The van der Waals surface area contributed by atoms with E-state index >= 15 is 0 Å². The van der Waals surface area contributed by atoms with Gasteiger partial charge in [0.05, 0.1) is 0 Å². The number of hydrogen-bond donors (Lipinski definition) is 0. The normalized spacial score (nSPS) is 14.1. The van der Waals surface area contributed by atoms with E-state index in [0.717, 1.165) is 6.42 Å². The van der Waals surface area contributed by atoms with E-state index in [1.807, 2.05) is 27.7 Å². The Bertz CT molecular complexity index is 256. The first kappa shape index (κ1) is 14.9. The molecule has 4 nitrogen and oxygen atoms in total. The molecule has 0 spiro atoms. The van der Waals surface area contributed by atoms with Gasteiger partial charge < -0.3 is 9.47 Å². The molecule has 4 heteroatoms. The molecule has 1 unspecified atom stereocenters. The van der Waals surface area contributed by atoms with E-state index < -0.39 is 17.2 Å². The van der Waals surface area contributed by atoms with E-state index in [1.165, 1.54) is 13.8 Å². The lowest BCUT2D eigenvalue weighted by molar-refractivity contribution is -0.186. The minimum absolute atomic E-state index is 0.239.